The number of nitrogens with zero attached hydrogens (tertiary/aromatic N) is 4. The van der Waals surface area contributed by atoms with Gasteiger partial charge in [-0.1, -0.05) is 0 Å². The van der Waals surface area contributed by atoms with E-state index in [1.807, 2.05) is 41.9 Å². The molecule has 1 saturated carbocycles. The fourth-order valence-corrected chi connectivity index (χ4v) is 2.17. The lowest BCUT2D eigenvalue weighted by molar-refractivity contribution is 0.292. The normalized spacial score (nSPS) is 14.7. The highest BCUT2D eigenvalue weighted by Crippen LogP contribution is 2.32. The molecule has 3 aromatic rings. The summed E-state index contributed by atoms with van der Waals surface area (Å²) in [5, 5.41) is 4.52. The topological polar surface area (TPSA) is 52.3 Å². The zero-order valence-electron chi connectivity index (χ0n) is 11.2. The highest BCUT2D eigenvalue weighted by atomic mass is 16.5. The van der Waals surface area contributed by atoms with Crippen LogP contribution in [0.3, 0.4) is 0 Å². The van der Waals surface area contributed by atoms with Crippen LogP contribution in [0.2, 0.25) is 0 Å². The lowest BCUT2D eigenvalue weighted by Gasteiger charge is -2.08. The molecule has 3 aromatic heterocycles. The molecule has 5 heteroatoms. The monoisotopic (exact) mass is 266 g/mol. The Bertz CT molecular complexity index is 776. The Labute approximate surface area is 116 Å². The van der Waals surface area contributed by atoms with Crippen molar-refractivity contribution in [1.82, 2.24) is 19.6 Å². The molecule has 1 aliphatic carbocycles. The van der Waals surface area contributed by atoms with Crippen molar-refractivity contribution in [1.29, 1.82) is 0 Å². The van der Waals surface area contributed by atoms with E-state index in [1.54, 1.807) is 6.20 Å². The number of aromatic nitrogens is 4. The van der Waals surface area contributed by atoms with E-state index < -0.39 is 0 Å². The zero-order valence-corrected chi connectivity index (χ0v) is 11.2. The van der Waals surface area contributed by atoms with Crippen molar-refractivity contribution in [3.05, 3.63) is 42.4 Å². The van der Waals surface area contributed by atoms with Gasteiger partial charge in [0.05, 0.1) is 23.1 Å². The van der Waals surface area contributed by atoms with Gasteiger partial charge in [-0.3, -0.25) is 0 Å². The molecule has 0 unspecified atom stereocenters. The van der Waals surface area contributed by atoms with Crippen molar-refractivity contribution >= 4 is 5.65 Å². The van der Waals surface area contributed by atoms with Gasteiger partial charge in [0.25, 0.3) is 0 Å². The Morgan fingerprint density at radius 3 is 2.95 bits per heavy atom. The van der Waals surface area contributed by atoms with Gasteiger partial charge in [-0.2, -0.15) is 5.10 Å². The molecule has 0 radical (unpaired) electrons. The molecule has 100 valence electrons. The van der Waals surface area contributed by atoms with Gasteiger partial charge in [0.1, 0.15) is 6.10 Å². The van der Waals surface area contributed by atoms with Crippen LogP contribution in [0.4, 0.5) is 0 Å². The molecule has 20 heavy (non-hydrogen) atoms. The van der Waals surface area contributed by atoms with Crippen molar-refractivity contribution < 1.29 is 4.74 Å². The van der Waals surface area contributed by atoms with Crippen LogP contribution in [0.5, 0.6) is 5.88 Å². The first-order valence-electron chi connectivity index (χ1n) is 6.75. The number of hydrogen-bond donors (Lipinski definition) is 0. The van der Waals surface area contributed by atoms with Crippen molar-refractivity contribution in [2.45, 2.75) is 25.9 Å². The molecule has 3 heterocycles. The maximum absolute atomic E-state index is 5.88. The van der Waals surface area contributed by atoms with Crippen LogP contribution >= 0.6 is 0 Å². The van der Waals surface area contributed by atoms with Crippen LogP contribution < -0.4 is 4.74 Å². The lowest BCUT2D eigenvalue weighted by Crippen LogP contribution is -2.02. The molecule has 0 spiro atoms. The van der Waals surface area contributed by atoms with E-state index in [-0.39, 0.29) is 0 Å². The van der Waals surface area contributed by atoms with Crippen LogP contribution in [0.15, 0.2) is 36.7 Å². The lowest BCUT2D eigenvalue weighted by atomic mass is 10.2. The predicted octanol–water partition coefficient (Wildman–Crippen LogP) is 2.64. The second-order valence-electron chi connectivity index (χ2n) is 5.06. The van der Waals surface area contributed by atoms with Crippen LogP contribution in [0, 0.1) is 6.92 Å². The highest BCUT2D eigenvalue weighted by molar-refractivity contribution is 5.67. The summed E-state index contributed by atoms with van der Waals surface area (Å²) in [6.07, 6.45) is 6.11. The number of fused-ring (bicyclic) bond motifs is 1. The van der Waals surface area contributed by atoms with E-state index in [1.165, 1.54) is 0 Å². The molecule has 0 bridgehead atoms. The summed E-state index contributed by atoms with van der Waals surface area (Å²) in [6.45, 7) is 1.97. The fourth-order valence-electron chi connectivity index (χ4n) is 2.17. The third-order valence-corrected chi connectivity index (χ3v) is 3.35. The molecular weight excluding hydrogens is 252 g/mol. The van der Waals surface area contributed by atoms with Crippen LogP contribution in [0.1, 0.15) is 18.5 Å². The summed E-state index contributed by atoms with van der Waals surface area (Å²) < 4.78 is 7.72. The molecule has 0 atom stereocenters. The minimum absolute atomic E-state index is 0.317. The molecule has 1 fully saturated rings. The summed E-state index contributed by atoms with van der Waals surface area (Å²) in [4.78, 5) is 8.74. The molecule has 0 aliphatic heterocycles. The van der Waals surface area contributed by atoms with Crippen molar-refractivity contribution in [3.63, 3.8) is 0 Å². The Morgan fingerprint density at radius 1 is 1.20 bits per heavy atom. The minimum Gasteiger partial charge on any atom is -0.474 e. The predicted molar refractivity (Wildman–Crippen MR) is 74.6 cm³/mol. The Morgan fingerprint density at radius 2 is 2.10 bits per heavy atom. The van der Waals surface area contributed by atoms with Gasteiger partial charge in [0, 0.05) is 6.20 Å². The van der Waals surface area contributed by atoms with Gasteiger partial charge < -0.3 is 4.74 Å². The molecule has 0 saturated heterocycles. The van der Waals surface area contributed by atoms with Gasteiger partial charge in [0.15, 0.2) is 5.65 Å². The smallest absolute Gasteiger partial charge is 0.223 e. The Balaban J connectivity index is 1.87. The van der Waals surface area contributed by atoms with Crippen molar-refractivity contribution in [3.8, 4) is 17.1 Å². The maximum Gasteiger partial charge on any atom is 0.223 e. The van der Waals surface area contributed by atoms with E-state index in [2.05, 4.69) is 15.1 Å². The molecule has 1 aliphatic rings. The zero-order chi connectivity index (χ0) is 13.5. The molecule has 0 N–H and O–H groups in total. The standard InChI is InChI=1S/C15H14N4O/c1-10-4-7-14-17-9-13(19(14)18-10)12-3-2-8-16-15(12)20-11-5-6-11/h2-4,7-9,11H,5-6H2,1H3. The summed E-state index contributed by atoms with van der Waals surface area (Å²) in [7, 11) is 0. The van der Waals surface area contributed by atoms with Crippen LogP contribution in [-0.4, -0.2) is 25.7 Å². The summed E-state index contributed by atoms with van der Waals surface area (Å²) in [5.41, 5.74) is 3.62. The number of ether oxygens (including phenoxy) is 1. The van der Waals surface area contributed by atoms with E-state index in [0.29, 0.717) is 12.0 Å². The van der Waals surface area contributed by atoms with E-state index >= 15 is 0 Å². The third-order valence-electron chi connectivity index (χ3n) is 3.35. The van der Waals surface area contributed by atoms with Gasteiger partial charge in [0.2, 0.25) is 5.88 Å². The minimum atomic E-state index is 0.317. The third kappa shape index (κ3) is 1.91. The van der Waals surface area contributed by atoms with Gasteiger partial charge in [-0.15, -0.1) is 0 Å². The van der Waals surface area contributed by atoms with E-state index in [9.17, 15) is 0 Å². The molecule has 0 aromatic carbocycles. The van der Waals surface area contributed by atoms with E-state index in [0.717, 1.165) is 35.4 Å². The second-order valence-corrected chi connectivity index (χ2v) is 5.06. The summed E-state index contributed by atoms with van der Waals surface area (Å²) >= 11 is 0. The van der Waals surface area contributed by atoms with Gasteiger partial charge in [-0.25, -0.2) is 14.5 Å². The second kappa shape index (κ2) is 4.30. The van der Waals surface area contributed by atoms with Crippen molar-refractivity contribution in [2.75, 3.05) is 0 Å². The highest BCUT2D eigenvalue weighted by Gasteiger charge is 2.26. The summed E-state index contributed by atoms with van der Waals surface area (Å²) in [6, 6.07) is 7.82. The first-order chi connectivity index (χ1) is 9.81. The first kappa shape index (κ1) is 11.4. The van der Waals surface area contributed by atoms with E-state index in [4.69, 9.17) is 4.74 Å². The first-order valence-corrected chi connectivity index (χ1v) is 6.75. The molecule has 5 nitrogen and oxygen atoms in total. The van der Waals surface area contributed by atoms with Gasteiger partial charge >= 0.3 is 0 Å². The molecular formula is C15H14N4O. The maximum atomic E-state index is 5.88. The number of aryl methyl sites for hydroxylation is 1. The number of imidazole rings is 1. The van der Waals surface area contributed by atoms with Gasteiger partial charge in [-0.05, 0) is 44.0 Å². The molecule has 0 amide bonds. The Kier molecular flexibility index (Phi) is 2.45. The number of hydrogen-bond acceptors (Lipinski definition) is 4. The largest absolute Gasteiger partial charge is 0.474 e. The molecule has 4 rings (SSSR count). The van der Waals surface area contributed by atoms with Crippen molar-refractivity contribution in [2.24, 2.45) is 0 Å². The average molecular weight is 266 g/mol. The Hall–Kier alpha value is -2.43. The van der Waals surface area contributed by atoms with Crippen LogP contribution in [-0.2, 0) is 0 Å². The number of pyridine rings is 1. The number of rotatable bonds is 3. The van der Waals surface area contributed by atoms with Crippen LogP contribution in [0.25, 0.3) is 16.9 Å². The SMILES string of the molecule is Cc1ccc2ncc(-c3cccnc3OC3CC3)n2n1. The quantitative estimate of drug-likeness (QED) is 0.731. The fraction of sp³-hybridized carbons (Fsp3) is 0.267. The summed E-state index contributed by atoms with van der Waals surface area (Å²) in [5.74, 6) is 0.667. The average Bonchev–Trinajstić information content (AvgIpc) is 3.17.